The lowest BCUT2D eigenvalue weighted by atomic mass is 9.97. The van der Waals surface area contributed by atoms with E-state index in [1.807, 2.05) is 0 Å². The molecule has 1 saturated heterocycles. The molecule has 1 aromatic rings. The molecule has 1 N–H and O–H groups in total. The third-order valence-electron chi connectivity index (χ3n) is 3.81. The van der Waals surface area contributed by atoms with Crippen molar-refractivity contribution in [3.05, 3.63) is 32.7 Å². The van der Waals surface area contributed by atoms with E-state index in [9.17, 15) is 0 Å². The first-order valence-electron chi connectivity index (χ1n) is 7.06. The van der Waals surface area contributed by atoms with Gasteiger partial charge in [0.05, 0.1) is 0 Å². The van der Waals surface area contributed by atoms with Crippen molar-refractivity contribution < 1.29 is 0 Å². The minimum atomic E-state index is 0.861. The van der Waals surface area contributed by atoms with Gasteiger partial charge in [0.1, 0.15) is 0 Å². The Morgan fingerprint density at radius 2 is 1.95 bits per heavy atom. The molecular formula is C15H22Br2N2. The summed E-state index contributed by atoms with van der Waals surface area (Å²) in [4.78, 5) is 2.56. The second-order valence-electron chi connectivity index (χ2n) is 5.27. The predicted octanol–water partition coefficient (Wildman–Crippen LogP) is 4.03. The third-order valence-corrected chi connectivity index (χ3v) is 5.69. The monoisotopic (exact) mass is 388 g/mol. The zero-order valence-corrected chi connectivity index (χ0v) is 14.6. The summed E-state index contributed by atoms with van der Waals surface area (Å²) in [5, 5.41) is 3.44. The van der Waals surface area contributed by atoms with Gasteiger partial charge in [-0.25, -0.2) is 0 Å². The number of halogens is 2. The Bertz CT molecular complexity index is 403. The molecule has 0 aromatic heterocycles. The summed E-state index contributed by atoms with van der Waals surface area (Å²) in [5.74, 6) is 0.861. The summed E-state index contributed by atoms with van der Waals surface area (Å²) in [7, 11) is 0. The van der Waals surface area contributed by atoms with Gasteiger partial charge >= 0.3 is 0 Å². The molecule has 0 unspecified atom stereocenters. The van der Waals surface area contributed by atoms with Crippen LogP contribution in [0.1, 0.15) is 25.3 Å². The Balaban J connectivity index is 1.92. The summed E-state index contributed by atoms with van der Waals surface area (Å²) in [6, 6.07) is 6.55. The second-order valence-corrected chi connectivity index (χ2v) is 6.98. The molecule has 0 spiro atoms. The first kappa shape index (κ1) is 15.5. The van der Waals surface area contributed by atoms with Gasteiger partial charge in [-0.3, -0.25) is 4.90 Å². The molecule has 1 fully saturated rings. The number of hydrogen-bond donors (Lipinski definition) is 1. The zero-order valence-electron chi connectivity index (χ0n) is 11.5. The number of piperidine rings is 1. The molecule has 0 atom stereocenters. The van der Waals surface area contributed by atoms with E-state index in [-0.39, 0.29) is 0 Å². The average Bonchev–Trinajstić information content (AvgIpc) is 2.43. The molecule has 19 heavy (non-hydrogen) atoms. The minimum Gasteiger partial charge on any atom is -0.317 e. The van der Waals surface area contributed by atoms with E-state index in [2.05, 4.69) is 67.2 Å². The van der Waals surface area contributed by atoms with Gasteiger partial charge in [0.25, 0.3) is 0 Å². The number of benzene rings is 1. The number of hydrogen-bond acceptors (Lipinski definition) is 2. The van der Waals surface area contributed by atoms with Gasteiger partial charge in [-0.1, -0.05) is 13.0 Å². The van der Waals surface area contributed by atoms with E-state index < -0.39 is 0 Å². The van der Waals surface area contributed by atoms with Crippen LogP contribution in [0.4, 0.5) is 0 Å². The molecule has 2 nitrogen and oxygen atoms in total. The van der Waals surface area contributed by atoms with Crippen LogP contribution in [0, 0.1) is 5.92 Å². The van der Waals surface area contributed by atoms with Crippen molar-refractivity contribution in [3.8, 4) is 0 Å². The van der Waals surface area contributed by atoms with Crippen LogP contribution in [0.2, 0.25) is 0 Å². The topological polar surface area (TPSA) is 15.3 Å². The lowest BCUT2D eigenvalue weighted by molar-refractivity contribution is 0.207. The molecule has 0 amide bonds. The van der Waals surface area contributed by atoms with Crippen molar-refractivity contribution in [2.45, 2.75) is 26.3 Å². The van der Waals surface area contributed by atoms with Crippen LogP contribution in [-0.2, 0) is 6.54 Å². The molecule has 0 aliphatic carbocycles. The lowest BCUT2D eigenvalue weighted by Gasteiger charge is -2.29. The largest absolute Gasteiger partial charge is 0.317 e. The van der Waals surface area contributed by atoms with E-state index in [1.165, 1.54) is 38.0 Å². The lowest BCUT2D eigenvalue weighted by Crippen LogP contribution is -2.35. The first-order chi connectivity index (χ1) is 9.19. The number of rotatable bonds is 5. The van der Waals surface area contributed by atoms with Crippen molar-refractivity contribution in [2.75, 3.05) is 26.2 Å². The Morgan fingerprint density at radius 1 is 1.21 bits per heavy atom. The highest BCUT2D eigenvalue weighted by molar-refractivity contribution is 9.13. The Labute approximate surface area is 133 Å². The van der Waals surface area contributed by atoms with Crippen LogP contribution in [0.25, 0.3) is 0 Å². The molecule has 0 radical (unpaired) electrons. The van der Waals surface area contributed by atoms with Crippen LogP contribution in [0.3, 0.4) is 0 Å². The van der Waals surface area contributed by atoms with E-state index in [4.69, 9.17) is 0 Å². The van der Waals surface area contributed by atoms with Crippen LogP contribution in [-0.4, -0.2) is 31.1 Å². The third kappa shape index (κ3) is 4.85. The van der Waals surface area contributed by atoms with Crippen molar-refractivity contribution in [1.29, 1.82) is 0 Å². The van der Waals surface area contributed by atoms with Crippen LogP contribution in [0.15, 0.2) is 27.1 Å². The van der Waals surface area contributed by atoms with Gasteiger partial charge in [0, 0.05) is 22.0 Å². The highest BCUT2D eigenvalue weighted by atomic mass is 79.9. The van der Waals surface area contributed by atoms with E-state index >= 15 is 0 Å². The van der Waals surface area contributed by atoms with Crippen molar-refractivity contribution >= 4 is 31.9 Å². The number of nitrogens with zero attached hydrogens (tertiary/aromatic N) is 1. The van der Waals surface area contributed by atoms with Gasteiger partial charge in [-0.15, -0.1) is 0 Å². The molecule has 2 rings (SSSR count). The summed E-state index contributed by atoms with van der Waals surface area (Å²) in [6.07, 6.45) is 2.64. The molecule has 106 valence electrons. The predicted molar refractivity (Wildman–Crippen MR) is 88.4 cm³/mol. The van der Waals surface area contributed by atoms with Gasteiger partial charge in [-0.2, -0.15) is 0 Å². The Kier molecular flexibility index (Phi) is 6.33. The summed E-state index contributed by atoms with van der Waals surface area (Å²) in [5.41, 5.74) is 1.38. The molecule has 1 aliphatic rings. The summed E-state index contributed by atoms with van der Waals surface area (Å²) < 4.78 is 2.26. The van der Waals surface area contributed by atoms with E-state index in [0.29, 0.717) is 0 Å². The summed E-state index contributed by atoms with van der Waals surface area (Å²) in [6.45, 7) is 8.03. The second kappa shape index (κ2) is 7.77. The smallest absolute Gasteiger partial charge is 0.0320 e. The van der Waals surface area contributed by atoms with Crippen LogP contribution < -0.4 is 5.32 Å². The SMILES string of the molecule is CCN(Cc1ccc(Br)c(Br)c1)CC1CCNCC1. The van der Waals surface area contributed by atoms with E-state index in [0.717, 1.165) is 28.0 Å². The molecule has 1 heterocycles. The Morgan fingerprint density at radius 3 is 2.58 bits per heavy atom. The van der Waals surface area contributed by atoms with Crippen LogP contribution >= 0.6 is 31.9 Å². The molecule has 0 bridgehead atoms. The first-order valence-corrected chi connectivity index (χ1v) is 8.64. The zero-order chi connectivity index (χ0) is 13.7. The molecule has 4 heteroatoms. The molecular weight excluding hydrogens is 368 g/mol. The van der Waals surface area contributed by atoms with Gasteiger partial charge in [-0.05, 0) is 87.9 Å². The molecule has 1 aliphatic heterocycles. The van der Waals surface area contributed by atoms with Crippen LogP contribution in [0.5, 0.6) is 0 Å². The Hall–Kier alpha value is 0.1000. The average molecular weight is 390 g/mol. The molecule has 1 aromatic carbocycles. The maximum atomic E-state index is 3.58. The maximum absolute atomic E-state index is 3.58. The highest BCUT2D eigenvalue weighted by Crippen LogP contribution is 2.24. The normalized spacial score (nSPS) is 17.1. The highest BCUT2D eigenvalue weighted by Gasteiger charge is 2.16. The summed E-state index contributed by atoms with van der Waals surface area (Å²) >= 11 is 7.11. The fourth-order valence-corrected chi connectivity index (χ4v) is 3.30. The van der Waals surface area contributed by atoms with Crippen molar-refractivity contribution in [1.82, 2.24) is 10.2 Å². The van der Waals surface area contributed by atoms with Gasteiger partial charge in [0.15, 0.2) is 0 Å². The van der Waals surface area contributed by atoms with Gasteiger partial charge < -0.3 is 5.32 Å². The van der Waals surface area contributed by atoms with Crippen molar-refractivity contribution in [3.63, 3.8) is 0 Å². The quantitative estimate of drug-likeness (QED) is 0.817. The maximum Gasteiger partial charge on any atom is 0.0320 e. The fourth-order valence-electron chi connectivity index (χ4n) is 2.63. The van der Waals surface area contributed by atoms with Gasteiger partial charge in [0.2, 0.25) is 0 Å². The minimum absolute atomic E-state index is 0.861. The van der Waals surface area contributed by atoms with Crippen molar-refractivity contribution in [2.24, 2.45) is 5.92 Å². The van der Waals surface area contributed by atoms with E-state index in [1.54, 1.807) is 0 Å². The standard InChI is InChI=1S/C15H22Br2N2/c1-2-19(10-12-5-7-18-8-6-12)11-13-3-4-14(16)15(17)9-13/h3-4,9,12,18H,2,5-8,10-11H2,1H3. The molecule has 0 saturated carbocycles. The number of nitrogens with one attached hydrogen (secondary N) is 1. The fraction of sp³-hybridized carbons (Fsp3) is 0.600.